The Morgan fingerprint density at radius 3 is 2.47 bits per heavy atom. The van der Waals surface area contributed by atoms with Crippen LogP contribution in [0.15, 0.2) is 42.2 Å². The molecule has 0 spiro atoms. The maximum Gasteiger partial charge on any atom is 0.344 e. The summed E-state index contributed by atoms with van der Waals surface area (Å²) in [7, 11) is 3.04. The third-order valence-corrected chi connectivity index (χ3v) is 4.13. The molecule has 0 aromatic heterocycles. The van der Waals surface area contributed by atoms with Gasteiger partial charge in [-0.05, 0) is 56.7 Å². The Kier molecular flexibility index (Phi) is 6.01. The lowest BCUT2D eigenvalue weighted by molar-refractivity contribution is -0.157. The van der Waals surface area contributed by atoms with Gasteiger partial charge in [0.05, 0.1) is 19.8 Å². The fraction of sp³-hybridized carbons (Fsp3) is 0.304. The Bertz CT molecular complexity index is 999. The number of carbonyl (C=O) groups is 2. The molecule has 0 amide bonds. The number of esters is 1. The smallest absolute Gasteiger partial charge is 0.344 e. The summed E-state index contributed by atoms with van der Waals surface area (Å²) in [5.74, 6) is 1.37. The summed E-state index contributed by atoms with van der Waals surface area (Å²) in [6.07, 6.45) is 1.62. The molecule has 7 heteroatoms. The molecule has 1 heterocycles. The minimum Gasteiger partial charge on any atom is -0.497 e. The highest BCUT2D eigenvalue weighted by atomic mass is 16.6. The number of carbonyl (C=O) groups excluding carboxylic acids is 2. The predicted octanol–water partition coefficient (Wildman–Crippen LogP) is 4.04. The predicted molar refractivity (Wildman–Crippen MR) is 110 cm³/mol. The van der Waals surface area contributed by atoms with Crippen LogP contribution < -0.4 is 18.9 Å². The number of Topliss-reactive ketones (excluding diaryl/α,β-unsaturated/α-hetero) is 1. The van der Waals surface area contributed by atoms with E-state index in [2.05, 4.69) is 0 Å². The lowest BCUT2D eigenvalue weighted by atomic mass is 10.1. The summed E-state index contributed by atoms with van der Waals surface area (Å²) >= 11 is 0. The van der Waals surface area contributed by atoms with Crippen molar-refractivity contribution < 1.29 is 33.3 Å². The van der Waals surface area contributed by atoms with Crippen LogP contribution in [0, 0.1) is 0 Å². The van der Waals surface area contributed by atoms with Crippen molar-refractivity contribution in [2.75, 3.05) is 20.8 Å². The quantitative estimate of drug-likeness (QED) is 0.523. The maximum absolute atomic E-state index is 12.6. The fourth-order valence-electron chi connectivity index (χ4n) is 2.85. The molecule has 158 valence electrons. The van der Waals surface area contributed by atoms with E-state index >= 15 is 0 Å². The molecule has 2 aromatic rings. The van der Waals surface area contributed by atoms with E-state index in [1.807, 2.05) is 0 Å². The van der Waals surface area contributed by atoms with Crippen LogP contribution in [0.5, 0.6) is 23.0 Å². The topological polar surface area (TPSA) is 80.3 Å². The average molecular weight is 412 g/mol. The van der Waals surface area contributed by atoms with E-state index in [4.69, 9.17) is 23.7 Å². The van der Waals surface area contributed by atoms with Gasteiger partial charge in [-0.3, -0.25) is 4.79 Å². The average Bonchev–Trinajstić information content (AvgIpc) is 3.00. The van der Waals surface area contributed by atoms with Gasteiger partial charge in [0, 0.05) is 6.07 Å². The molecule has 1 aliphatic rings. The third kappa shape index (κ3) is 4.92. The van der Waals surface area contributed by atoms with Gasteiger partial charge < -0.3 is 23.7 Å². The molecule has 0 radical (unpaired) electrons. The van der Waals surface area contributed by atoms with Gasteiger partial charge in [-0.15, -0.1) is 0 Å². The summed E-state index contributed by atoms with van der Waals surface area (Å²) in [5, 5.41) is 0. The lowest BCUT2D eigenvalue weighted by Gasteiger charge is -2.19. The number of fused-ring (bicyclic) bond motifs is 1. The SMILES string of the molecule is COc1ccc2c(c1)O/C(=C\c1ccc(OCC(=O)OC(C)(C)C)c(OC)c1)C2=O. The molecule has 0 fully saturated rings. The molecule has 0 bridgehead atoms. The van der Waals surface area contributed by atoms with Crippen LogP contribution >= 0.6 is 0 Å². The summed E-state index contributed by atoms with van der Waals surface area (Å²) in [6, 6.07) is 10.1. The van der Waals surface area contributed by atoms with Crippen LogP contribution in [-0.4, -0.2) is 38.2 Å². The first kappa shape index (κ1) is 21.2. The summed E-state index contributed by atoms with van der Waals surface area (Å²) in [6.45, 7) is 5.12. The first-order chi connectivity index (χ1) is 14.2. The van der Waals surface area contributed by atoms with Gasteiger partial charge >= 0.3 is 5.97 Å². The minimum absolute atomic E-state index is 0.197. The number of ether oxygens (including phenoxy) is 5. The van der Waals surface area contributed by atoms with E-state index in [1.54, 1.807) is 70.4 Å². The second kappa shape index (κ2) is 8.49. The van der Waals surface area contributed by atoms with Crippen molar-refractivity contribution in [3.63, 3.8) is 0 Å². The van der Waals surface area contributed by atoms with Crippen LogP contribution in [0.2, 0.25) is 0 Å². The molecule has 0 unspecified atom stereocenters. The van der Waals surface area contributed by atoms with Crippen molar-refractivity contribution in [2.45, 2.75) is 26.4 Å². The maximum atomic E-state index is 12.6. The normalized spacial score (nSPS) is 14.2. The van der Waals surface area contributed by atoms with Crippen molar-refractivity contribution in [1.29, 1.82) is 0 Å². The van der Waals surface area contributed by atoms with E-state index in [1.165, 1.54) is 7.11 Å². The molecule has 0 atom stereocenters. The number of methoxy groups -OCH3 is 2. The van der Waals surface area contributed by atoms with Gasteiger partial charge in [-0.25, -0.2) is 4.79 Å². The third-order valence-electron chi connectivity index (χ3n) is 4.13. The Hall–Kier alpha value is -3.48. The van der Waals surface area contributed by atoms with E-state index in [9.17, 15) is 9.59 Å². The molecule has 0 N–H and O–H groups in total. The molecular weight excluding hydrogens is 388 g/mol. The van der Waals surface area contributed by atoms with Crippen molar-refractivity contribution in [3.8, 4) is 23.0 Å². The van der Waals surface area contributed by atoms with Crippen molar-refractivity contribution in [3.05, 3.63) is 53.3 Å². The van der Waals surface area contributed by atoms with Crippen LogP contribution in [-0.2, 0) is 9.53 Å². The molecule has 1 aliphatic heterocycles. The van der Waals surface area contributed by atoms with Gasteiger partial charge in [-0.1, -0.05) is 6.07 Å². The van der Waals surface area contributed by atoms with Crippen LogP contribution in [0.1, 0.15) is 36.7 Å². The van der Waals surface area contributed by atoms with E-state index in [0.29, 0.717) is 34.1 Å². The molecule has 30 heavy (non-hydrogen) atoms. The first-order valence-corrected chi connectivity index (χ1v) is 9.35. The highest BCUT2D eigenvalue weighted by molar-refractivity contribution is 6.14. The molecular formula is C23H24O7. The number of rotatable bonds is 6. The molecule has 0 aliphatic carbocycles. The zero-order valence-corrected chi connectivity index (χ0v) is 17.6. The van der Waals surface area contributed by atoms with Gasteiger partial charge in [-0.2, -0.15) is 0 Å². The van der Waals surface area contributed by atoms with Crippen molar-refractivity contribution in [2.24, 2.45) is 0 Å². The summed E-state index contributed by atoms with van der Waals surface area (Å²) in [4.78, 5) is 24.4. The number of hydrogen-bond acceptors (Lipinski definition) is 7. The fourth-order valence-corrected chi connectivity index (χ4v) is 2.85. The highest BCUT2D eigenvalue weighted by Crippen LogP contribution is 2.35. The van der Waals surface area contributed by atoms with Crippen LogP contribution in [0.3, 0.4) is 0 Å². The van der Waals surface area contributed by atoms with Crippen LogP contribution in [0.25, 0.3) is 6.08 Å². The van der Waals surface area contributed by atoms with Gasteiger partial charge in [0.15, 0.2) is 23.9 Å². The van der Waals surface area contributed by atoms with E-state index in [0.717, 1.165) is 0 Å². The van der Waals surface area contributed by atoms with Crippen LogP contribution in [0.4, 0.5) is 0 Å². The van der Waals surface area contributed by atoms with Gasteiger partial charge in [0.1, 0.15) is 17.1 Å². The molecule has 7 nitrogen and oxygen atoms in total. The van der Waals surface area contributed by atoms with Gasteiger partial charge in [0.2, 0.25) is 5.78 Å². The molecule has 0 saturated carbocycles. The largest absolute Gasteiger partial charge is 0.497 e. The first-order valence-electron chi connectivity index (χ1n) is 9.35. The standard InChI is InChI=1S/C23H24O7/c1-23(2,3)30-21(24)13-28-17-9-6-14(10-19(17)27-5)11-20-22(25)16-8-7-15(26-4)12-18(16)29-20/h6-12H,13H2,1-5H3/b20-11-. The lowest BCUT2D eigenvalue weighted by Crippen LogP contribution is -2.27. The monoisotopic (exact) mass is 412 g/mol. The van der Waals surface area contributed by atoms with E-state index < -0.39 is 11.6 Å². The molecule has 2 aromatic carbocycles. The Balaban J connectivity index is 1.75. The Labute approximate surface area is 175 Å². The highest BCUT2D eigenvalue weighted by Gasteiger charge is 2.27. The van der Waals surface area contributed by atoms with E-state index in [-0.39, 0.29) is 18.1 Å². The number of ketones is 1. The van der Waals surface area contributed by atoms with Crippen molar-refractivity contribution in [1.82, 2.24) is 0 Å². The Morgan fingerprint density at radius 1 is 1.03 bits per heavy atom. The summed E-state index contributed by atoms with van der Waals surface area (Å²) in [5.41, 5.74) is 0.571. The van der Waals surface area contributed by atoms with Gasteiger partial charge in [0.25, 0.3) is 0 Å². The number of allylic oxidation sites excluding steroid dienone is 1. The Morgan fingerprint density at radius 2 is 1.80 bits per heavy atom. The number of hydrogen-bond donors (Lipinski definition) is 0. The second-order valence-electron chi connectivity index (χ2n) is 7.59. The minimum atomic E-state index is -0.587. The van der Waals surface area contributed by atoms with Crippen molar-refractivity contribution >= 4 is 17.8 Å². The second-order valence-corrected chi connectivity index (χ2v) is 7.59. The molecule has 0 saturated heterocycles. The summed E-state index contributed by atoms with van der Waals surface area (Å²) < 4.78 is 27.0. The zero-order chi connectivity index (χ0) is 21.9. The molecule has 3 rings (SSSR count). The zero-order valence-electron chi connectivity index (χ0n) is 17.6. The number of benzene rings is 2.